The number of ether oxygens (including phenoxy) is 2. The number of amides is 1. The maximum atomic E-state index is 14.0. The van der Waals surface area contributed by atoms with Crippen LogP contribution in [0.15, 0.2) is 24.8 Å². The molecule has 3 atom stereocenters. The number of piperazine rings is 2. The van der Waals surface area contributed by atoms with E-state index in [1.54, 1.807) is 9.80 Å². The first-order chi connectivity index (χ1) is 35.9. The van der Waals surface area contributed by atoms with Crippen LogP contribution >= 0.6 is 0 Å². The standard InChI is InChI=1S/C24H31F3N10O3.C21H27F3N10O/c1-3-16-12-35(4-5-36(16)21(39)14(2)38)23-31-17-19(34-6-8-40-9-7-34)32-18(15-10-29-22(28)30-11-15)33-20(17)37(23)13-24(25,26)27;1-2-14-11-33(4-3-26-14)20-29-15-17(32-5-7-35-8-6-32)30-16(13-9-27-19(25)28-10-13)31-18(15)34(20)12-21(22,23)24/h10-11,14,16,38H,3-9,12-13H2,1-2H3,(H2,28,29,30);9-10,14,26H,2-8,11-12H2,1H3,(H2,25,27,28)/t14-,16+;14-/m01/s1. The maximum Gasteiger partial charge on any atom is 0.406 e. The van der Waals surface area contributed by atoms with Gasteiger partial charge in [0.15, 0.2) is 45.6 Å². The van der Waals surface area contributed by atoms with Gasteiger partial charge in [-0.15, -0.1) is 0 Å². The predicted octanol–water partition coefficient (Wildman–Crippen LogP) is 2.53. The summed E-state index contributed by atoms with van der Waals surface area (Å²) in [7, 11) is 0. The molecule has 0 unspecified atom stereocenters. The van der Waals surface area contributed by atoms with Crippen molar-refractivity contribution >= 4 is 63.7 Å². The van der Waals surface area contributed by atoms with Gasteiger partial charge in [0.05, 0.1) is 37.6 Å². The second-order valence-electron chi connectivity index (χ2n) is 18.4. The summed E-state index contributed by atoms with van der Waals surface area (Å²) in [5, 5.41) is 13.2. The monoisotopic (exact) mass is 1060 g/mol. The van der Waals surface area contributed by atoms with Crippen LogP contribution in [0.5, 0.6) is 0 Å². The lowest BCUT2D eigenvalue weighted by atomic mass is 10.1. The number of aromatic nitrogens is 12. The highest BCUT2D eigenvalue weighted by atomic mass is 19.4. The van der Waals surface area contributed by atoms with E-state index in [9.17, 15) is 36.2 Å². The molecule has 75 heavy (non-hydrogen) atoms. The molecule has 6 N–H and O–H groups in total. The van der Waals surface area contributed by atoms with E-state index in [0.29, 0.717) is 107 Å². The van der Waals surface area contributed by atoms with Crippen LogP contribution in [0, 0.1) is 0 Å². The maximum absolute atomic E-state index is 14.0. The van der Waals surface area contributed by atoms with Gasteiger partial charge in [0.25, 0.3) is 5.91 Å². The summed E-state index contributed by atoms with van der Waals surface area (Å²) in [5.74, 6) is 1.25. The molecule has 0 aromatic carbocycles. The number of carbonyl (C=O) groups excluding carboxylic acids is 1. The molecule has 0 aliphatic carbocycles. The van der Waals surface area contributed by atoms with Crippen molar-refractivity contribution in [2.75, 3.05) is 123 Å². The molecular weight excluding hydrogens is 999 g/mol. The third-order valence-electron chi connectivity index (χ3n) is 13.2. The second-order valence-corrected chi connectivity index (χ2v) is 18.4. The number of nitrogens with zero attached hydrogens (tertiary/aromatic N) is 17. The Balaban J connectivity index is 0.000000185. The molecule has 404 valence electrons. The van der Waals surface area contributed by atoms with Crippen LogP contribution in [-0.4, -0.2) is 197 Å². The number of aliphatic hydroxyl groups excluding tert-OH is 1. The van der Waals surface area contributed by atoms with E-state index in [1.165, 1.54) is 31.7 Å². The highest BCUT2D eigenvalue weighted by Gasteiger charge is 2.38. The minimum absolute atomic E-state index is 0.0196. The Morgan fingerprint density at radius 2 is 1.11 bits per heavy atom. The SMILES string of the molecule is CC[C@@H]1CN(c2nc3c(N4CCOCC4)nc(-c4cnc(N)nc4)nc3n2CC(F)(F)F)CCN1.CC[C@@H]1CN(c2nc3c(N4CCOCC4)nc(-c4cnc(N)nc4)nc3n2CC(F)(F)F)CCN1C(=O)[C@H](C)O. The minimum Gasteiger partial charge on any atom is -0.384 e. The number of imidazole rings is 2. The van der Waals surface area contributed by atoms with E-state index in [4.69, 9.17) is 35.9 Å². The zero-order chi connectivity index (χ0) is 53.2. The number of aliphatic hydroxyl groups is 1. The number of nitrogens with one attached hydrogen (secondary N) is 1. The molecule has 6 aromatic heterocycles. The van der Waals surface area contributed by atoms with Gasteiger partial charge in [0, 0.05) is 102 Å². The van der Waals surface area contributed by atoms with Gasteiger partial charge in [0.1, 0.15) is 19.2 Å². The number of fused-ring (bicyclic) bond motifs is 2. The molecule has 1 amide bonds. The fraction of sp³-hybridized carbons (Fsp3) is 0.578. The quantitative estimate of drug-likeness (QED) is 0.136. The van der Waals surface area contributed by atoms with Crippen LogP contribution in [0.1, 0.15) is 33.6 Å². The number of hydrogen-bond donors (Lipinski definition) is 4. The molecule has 0 bridgehead atoms. The van der Waals surface area contributed by atoms with Crippen molar-refractivity contribution in [2.24, 2.45) is 0 Å². The Morgan fingerprint density at radius 3 is 1.52 bits per heavy atom. The van der Waals surface area contributed by atoms with Gasteiger partial charge in [-0.1, -0.05) is 13.8 Å². The Hall–Kier alpha value is -7.05. The number of carbonyl (C=O) groups is 1. The van der Waals surface area contributed by atoms with Gasteiger partial charge in [-0.3, -0.25) is 13.9 Å². The topological polar surface area (TPSA) is 275 Å². The fourth-order valence-corrected chi connectivity index (χ4v) is 9.44. The molecule has 4 saturated heterocycles. The molecule has 0 radical (unpaired) electrons. The van der Waals surface area contributed by atoms with E-state index >= 15 is 0 Å². The van der Waals surface area contributed by atoms with Crippen molar-refractivity contribution in [3.05, 3.63) is 24.8 Å². The second kappa shape index (κ2) is 22.0. The van der Waals surface area contributed by atoms with Crippen LogP contribution in [0.2, 0.25) is 0 Å². The highest BCUT2D eigenvalue weighted by molar-refractivity contribution is 5.89. The first-order valence-corrected chi connectivity index (χ1v) is 24.6. The van der Waals surface area contributed by atoms with Crippen molar-refractivity contribution in [2.45, 2.75) is 77.2 Å². The Labute approximate surface area is 425 Å². The third kappa shape index (κ3) is 11.9. The molecule has 10 heterocycles. The van der Waals surface area contributed by atoms with Crippen LogP contribution in [0.3, 0.4) is 0 Å². The number of nitrogens with two attached hydrogens (primary N) is 2. The number of halogens is 6. The summed E-state index contributed by atoms with van der Waals surface area (Å²) in [4.78, 5) is 65.5. The normalized spacial score (nSPS) is 19.4. The smallest absolute Gasteiger partial charge is 0.384 e. The summed E-state index contributed by atoms with van der Waals surface area (Å²) in [6.45, 7) is 9.11. The van der Waals surface area contributed by atoms with E-state index in [2.05, 4.69) is 40.2 Å². The number of rotatable bonds is 11. The Morgan fingerprint density at radius 1 is 0.653 bits per heavy atom. The zero-order valence-corrected chi connectivity index (χ0v) is 41.5. The molecule has 10 rings (SSSR count). The Bertz CT molecular complexity index is 2930. The number of hydrogen-bond acceptors (Lipinski definition) is 21. The molecule has 4 fully saturated rings. The molecule has 4 aliphatic heterocycles. The molecule has 4 aliphatic rings. The van der Waals surface area contributed by atoms with Crippen LogP contribution in [0.25, 0.3) is 45.1 Å². The van der Waals surface area contributed by atoms with Crippen molar-refractivity contribution in [1.82, 2.24) is 69.2 Å². The molecule has 0 saturated carbocycles. The summed E-state index contributed by atoms with van der Waals surface area (Å²) < 4.78 is 96.4. The van der Waals surface area contributed by atoms with Crippen LogP contribution in [-0.2, 0) is 27.4 Å². The summed E-state index contributed by atoms with van der Waals surface area (Å²) >= 11 is 0. The summed E-state index contributed by atoms with van der Waals surface area (Å²) in [5.41, 5.74) is 12.8. The van der Waals surface area contributed by atoms with Crippen LogP contribution < -0.4 is 36.4 Å². The van der Waals surface area contributed by atoms with Gasteiger partial charge in [-0.25, -0.2) is 49.8 Å². The van der Waals surface area contributed by atoms with Gasteiger partial charge >= 0.3 is 12.4 Å². The number of morpholine rings is 2. The van der Waals surface area contributed by atoms with E-state index in [0.717, 1.165) is 15.6 Å². The predicted molar refractivity (Wildman–Crippen MR) is 264 cm³/mol. The van der Waals surface area contributed by atoms with E-state index in [-0.39, 0.29) is 84.0 Å². The summed E-state index contributed by atoms with van der Waals surface area (Å²) in [6.07, 6.45) is -3.03. The number of nitrogen functional groups attached to an aromatic ring is 2. The zero-order valence-electron chi connectivity index (χ0n) is 41.5. The number of anilines is 6. The number of alkyl halides is 6. The van der Waals surface area contributed by atoms with E-state index in [1.807, 2.05) is 28.5 Å². The largest absolute Gasteiger partial charge is 0.406 e. The lowest BCUT2D eigenvalue weighted by Gasteiger charge is -2.42. The summed E-state index contributed by atoms with van der Waals surface area (Å²) in [6, 6.07) is -0.155. The third-order valence-corrected chi connectivity index (χ3v) is 13.2. The van der Waals surface area contributed by atoms with Gasteiger partial charge < -0.3 is 55.9 Å². The van der Waals surface area contributed by atoms with Gasteiger partial charge in [-0.05, 0) is 19.8 Å². The minimum atomic E-state index is -4.56. The van der Waals surface area contributed by atoms with E-state index < -0.39 is 37.5 Å². The molecular formula is C45H58F6N20O4. The first kappa shape index (κ1) is 52.8. The van der Waals surface area contributed by atoms with Crippen LogP contribution in [0.4, 0.5) is 61.8 Å². The van der Waals surface area contributed by atoms with Crippen molar-refractivity contribution in [3.63, 3.8) is 0 Å². The highest BCUT2D eigenvalue weighted by Crippen LogP contribution is 2.36. The molecule has 24 nitrogen and oxygen atoms in total. The van der Waals surface area contributed by atoms with Gasteiger partial charge in [-0.2, -0.15) is 26.3 Å². The first-order valence-electron chi connectivity index (χ1n) is 24.6. The van der Waals surface area contributed by atoms with Crippen molar-refractivity contribution in [3.8, 4) is 22.8 Å². The average Bonchev–Trinajstić information content (AvgIpc) is 3.95. The lowest BCUT2D eigenvalue weighted by molar-refractivity contribution is -0.142. The molecule has 30 heteroatoms. The molecule has 6 aromatic rings. The average molecular weight is 1060 g/mol. The van der Waals surface area contributed by atoms with Gasteiger partial charge in [0.2, 0.25) is 23.8 Å². The fourth-order valence-electron chi connectivity index (χ4n) is 9.44. The van der Waals surface area contributed by atoms with Crippen molar-refractivity contribution < 1.29 is 45.7 Å². The lowest BCUT2D eigenvalue weighted by Crippen LogP contribution is -2.57. The molecule has 0 spiro atoms. The van der Waals surface area contributed by atoms with Crippen molar-refractivity contribution in [1.29, 1.82) is 0 Å². The Kier molecular flexibility index (Phi) is 15.5.